The topological polar surface area (TPSA) is 54.5 Å². The summed E-state index contributed by atoms with van der Waals surface area (Å²) in [5, 5.41) is 0. The van der Waals surface area contributed by atoms with Crippen LogP contribution in [0.4, 0.5) is 0 Å². The lowest BCUT2D eigenvalue weighted by molar-refractivity contribution is -0.139. The summed E-state index contributed by atoms with van der Waals surface area (Å²) in [6, 6.07) is 3.59. The molecule has 0 bridgehead atoms. The summed E-state index contributed by atoms with van der Waals surface area (Å²) < 4.78 is 0. The van der Waals surface area contributed by atoms with Crippen molar-refractivity contribution in [2.75, 3.05) is 6.54 Å². The fourth-order valence-electron chi connectivity index (χ4n) is 1.99. The molecule has 0 aliphatic carbocycles. The van der Waals surface area contributed by atoms with Gasteiger partial charge in [-0.25, -0.2) is 0 Å². The van der Waals surface area contributed by atoms with Crippen molar-refractivity contribution in [3.8, 4) is 0 Å². The fraction of sp³-hybridized carbons (Fsp3) is 0.462. The summed E-state index contributed by atoms with van der Waals surface area (Å²) in [5.74, 6) is -1.30. The molecule has 0 spiro atoms. The van der Waals surface area contributed by atoms with Gasteiger partial charge in [-0.1, -0.05) is 13.8 Å². The number of carbonyl (C=O) groups excluding carboxylic acids is 3. The molecule has 1 aromatic rings. The van der Waals surface area contributed by atoms with Crippen molar-refractivity contribution >= 4 is 28.9 Å². The summed E-state index contributed by atoms with van der Waals surface area (Å²) in [6.45, 7) is 5.24. The highest BCUT2D eigenvalue weighted by Crippen LogP contribution is 2.26. The predicted octanol–water partition coefficient (Wildman–Crippen LogP) is 1.88. The van der Waals surface area contributed by atoms with Crippen LogP contribution in [-0.4, -0.2) is 29.0 Å². The molecular weight excluding hydrogens is 250 g/mol. The normalized spacial score (nSPS) is 23.8. The first-order valence-electron chi connectivity index (χ1n) is 5.86. The molecule has 0 saturated carbocycles. The summed E-state index contributed by atoms with van der Waals surface area (Å²) in [4.78, 5) is 38.4. The van der Waals surface area contributed by atoms with Crippen molar-refractivity contribution in [2.45, 2.75) is 20.8 Å². The zero-order valence-electron chi connectivity index (χ0n) is 10.6. The van der Waals surface area contributed by atoms with Crippen LogP contribution in [-0.2, 0) is 9.59 Å². The highest BCUT2D eigenvalue weighted by atomic mass is 32.1. The van der Waals surface area contributed by atoms with E-state index in [0.717, 1.165) is 9.78 Å². The second kappa shape index (κ2) is 4.65. The smallest absolute Gasteiger partial charge is 0.233 e. The number of imide groups is 1. The van der Waals surface area contributed by atoms with E-state index >= 15 is 0 Å². The van der Waals surface area contributed by atoms with Crippen molar-refractivity contribution in [2.24, 2.45) is 11.8 Å². The molecule has 18 heavy (non-hydrogen) atoms. The van der Waals surface area contributed by atoms with E-state index in [4.69, 9.17) is 0 Å². The van der Waals surface area contributed by atoms with Crippen molar-refractivity contribution in [3.05, 3.63) is 21.9 Å². The molecule has 1 saturated heterocycles. The van der Waals surface area contributed by atoms with Crippen LogP contribution < -0.4 is 0 Å². The largest absolute Gasteiger partial charge is 0.291 e. The highest BCUT2D eigenvalue weighted by molar-refractivity contribution is 7.14. The maximum Gasteiger partial charge on any atom is 0.233 e. The average molecular weight is 265 g/mol. The minimum atomic E-state index is -0.324. The number of thiophene rings is 1. The van der Waals surface area contributed by atoms with Gasteiger partial charge in [0.15, 0.2) is 5.78 Å². The summed E-state index contributed by atoms with van der Waals surface area (Å²) >= 11 is 1.38. The number of likely N-dealkylation sites (tertiary alicyclic amines) is 1. The second-order valence-electron chi connectivity index (χ2n) is 4.67. The zero-order valence-corrected chi connectivity index (χ0v) is 11.4. The summed E-state index contributed by atoms with van der Waals surface area (Å²) in [5.41, 5.74) is 0. The van der Waals surface area contributed by atoms with E-state index in [2.05, 4.69) is 0 Å². The van der Waals surface area contributed by atoms with Crippen molar-refractivity contribution in [1.82, 2.24) is 4.90 Å². The molecule has 0 N–H and O–H groups in total. The van der Waals surface area contributed by atoms with Crippen LogP contribution in [0, 0.1) is 18.8 Å². The summed E-state index contributed by atoms with van der Waals surface area (Å²) in [6.07, 6.45) is 0. The molecule has 2 atom stereocenters. The zero-order chi connectivity index (χ0) is 13.4. The number of hydrogen-bond acceptors (Lipinski definition) is 4. The van der Waals surface area contributed by atoms with Crippen LogP contribution in [0.15, 0.2) is 12.1 Å². The Bertz CT molecular complexity index is 500. The standard InChI is InChI=1S/C13H15NO3S/c1-7-4-5-11(18-7)10(15)6-14-12(16)8(2)9(3)13(14)17/h4-5,8-9H,6H2,1-3H3. The van der Waals surface area contributed by atoms with Gasteiger partial charge in [0.25, 0.3) is 0 Å². The number of hydrogen-bond donors (Lipinski definition) is 0. The lowest BCUT2D eigenvalue weighted by atomic mass is 10.00. The van der Waals surface area contributed by atoms with E-state index < -0.39 is 0 Å². The Morgan fingerprint density at radius 2 is 1.78 bits per heavy atom. The quantitative estimate of drug-likeness (QED) is 0.619. The minimum Gasteiger partial charge on any atom is -0.291 e. The van der Waals surface area contributed by atoms with E-state index in [9.17, 15) is 14.4 Å². The Labute approximate surface area is 110 Å². The highest BCUT2D eigenvalue weighted by Gasteiger charge is 2.42. The fourth-order valence-corrected chi connectivity index (χ4v) is 2.79. The number of ketones is 1. The van der Waals surface area contributed by atoms with Gasteiger partial charge in [-0.05, 0) is 19.1 Å². The predicted molar refractivity (Wildman–Crippen MR) is 68.4 cm³/mol. The van der Waals surface area contributed by atoms with E-state index in [1.165, 1.54) is 11.3 Å². The number of aryl methyl sites for hydroxylation is 1. The van der Waals surface area contributed by atoms with Gasteiger partial charge in [-0.15, -0.1) is 11.3 Å². The molecule has 1 aliphatic heterocycles. The van der Waals surface area contributed by atoms with Crippen LogP contribution in [0.1, 0.15) is 28.4 Å². The molecule has 2 heterocycles. The van der Waals surface area contributed by atoms with Gasteiger partial charge in [-0.3, -0.25) is 19.3 Å². The van der Waals surface area contributed by atoms with Gasteiger partial charge >= 0.3 is 0 Å². The third kappa shape index (κ3) is 2.10. The summed E-state index contributed by atoms with van der Waals surface area (Å²) in [7, 11) is 0. The third-order valence-corrected chi connectivity index (χ3v) is 4.42. The van der Waals surface area contributed by atoms with Crippen molar-refractivity contribution < 1.29 is 14.4 Å². The molecule has 1 aromatic heterocycles. The first-order chi connectivity index (χ1) is 8.41. The molecule has 1 aliphatic rings. The van der Waals surface area contributed by atoms with Gasteiger partial charge in [0.1, 0.15) is 0 Å². The van der Waals surface area contributed by atoms with Gasteiger partial charge in [-0.2, -0.15) is 0 Å². The van der Waals surface area contributed by atoms with Crippen LogP contribution in [0.2, 0.25) is 0 Å². The van der Waals surface area contributed by atoms with Gasteiger partial charge in [0.05, 0.1) is 11.4 Å². The van der Waals surface area contributed by atoms with E-state index in [1.807, 2.05) is 13.0 Å². The molecule has 2 amide bonds. The molecule has 5 heteroatoms. The molecule has 0 radical (unpaired) electrons. The number of nitrogens with zero attached hydrogens (tertiary/aromatic N) is 1. The molecule has 2 unspecified atom stereocenters. The Morgan fingerprint density at radius 1 is 1.22 bits per heavy atom. The first-order valence-corrected chi connectivity index (χ1v) is 6.68. The van der Waals surface area contributed by atoms with Crippen LogP contribution >= 0.6 is 11.3 Å². The molecule has 2 rings (SSSR count). The number of amides is 2. The first kappa shape index (κ1) is 13.0. The SMILES string of the molecule is Cc1ccc(C(=O)CN2C(=O)C(C)C(C)C2=O)s1. The second-order valence-corrected chi connectivity index (χ2v) is 5.96. The Balaban J connectivity index is 2.13. The van der Waals surface area contributed by atoms with Crippen molar-refractivity contribution in [3.63, 3.8) is 0 Å². The Hall–Kier alpha value is -1.49. The minimum absolute atomic E-state index is 0.133. The maximum absolute atomic E-state index is 12.0. The van der Waals surface area contributed by atoms with Crippen molar-refractivity contribution in [1.29, 1.82) is 0 Å². The number of Topliss-reactive ketones (excluding diaryl/α,β-unsaturated/α-hetero) is 1. The Morgan fingerprint density at radius 3 is 2.22 bits per heavy atom. The van der Waals surface area contributed by atoms with E-state index in [-0.39, 0.29) is 36.0 Å². The van der Waals surface area contributed by atoms with E-state index in [1.54, 1.807) is 19.9 Å². The van der Waals surface area contributed by atoms with Gasteiger partial charge < -0.3 is 0 Å². The molecule has 4 nitrogen and oxygen atoms in total. The Kier molecular flexibility index (Phi) is 3.34. The van der Waals surface area contributed by atoms with Crippen LogP contribution in [0.5, 0.6) is 0 Å². The number of carbonyl (C=O) groups is 3. The number of rotatable bonds is 3. The molecular formula is C13H15NO3S. The van der Waals surface area contributed by atoms with Gasteiger partial charge in [0, 0.05) is 16.7 Å². The lowest BCUT2D eigenvalue weighted by Gasteiger charge is -2.12. The van der Waals surface area contributed by atoms with E-state index in [0.29, 0.717) is 4.88 Å². The van der Waals surface area contributed by atoms with Crippen LogP contribution in [0.25, 0.3) is 0 Å². The van der Waals surface area contributed by atoms with Crippen LogP contribution in [0.3, 0.4) is 0 Å². The van der Waals surface area contributed by atoms with Gasteiger partial charge in [0.2, 0.25) is 11.8 Å². The molecule has 1 fully saturated rings. The molecule has 0 aromatic carbocycles. The molecule has 96 valence electrons. The average Bonchev–Trinajstić information content (AvgIpc) is 2.84. The maximum atomic E-state index is 12.0. The lowest BCUT2D eigenvalue weighted by Crippen LogP contribution is -2.35. The monoisotopic (exact) mass is 265 g/mol. The third-order valence-electron chi connectivity index (χ3n) is 3.38.